The van der Waals surface area contributed by atoms with E-state index in [1.54, 1.807) is 0 Å². The Balaban J connectivity index is 2.54. The van der Waals surface area contributed by atoms with Crippen molar-refractivity contribution in [3.63, 3.8) is 0 Å². The van der Waals surface area contributed by atoms with Gasteiger partial charge in [0.05, 0.1) is 12.2 Å². The van der Waals surface area contributed by atoms with Crippen molar-refractivity contribution in [3.8, 4) is 5.75 Å². The summed E-state index contributed by atoms with van der Waals surface area (Å²) in [6.45, 7) is 2.50. The number of carbonyl (C=O) groups is 1. The van der Waals surface area contributed by atoms with Crippen molar-refractivity contribution in [2.45, 2.75) is 13.3 Å². The van der Waals surface area contributed by atoms with Crippen molar-refractivity contribution in [3.05, 3.63) is 29.3 Å². The molecule has 2 nitrogen and oxygen atoms in total. The van der Waals surface area contributed by atoms with Crippen LogP contribution in [-0.2, 0) is 0 Å². The average molecular weight is 162 g/mol. The SMILES string of the molecule is Cc1ccc2c(c1)C(=O)CCO2. The Kier molecular flexibility index (Phi) is 1.61. The molecular weight excluding hydrogens is 152 g/mol. The van der Waals surface area contributed by atoms with Gasteiger partial charge in [-0.15, -0.1) is 0 Å². The predicted octanol–water partition coefficient (Wildman–Crippen LogP) is 1.96. The molecule has 0 amide bonds. The Morgan fingerprint density at radius 2 is 2.25 bits per heavy atom. The van der Waals surface area contributed by atoms with Gasteiger partial charge >= 0.3 is 0 Å². The van der Waals surface area contributed by atoms with E-state index in [-0.39, 0.29) is 5.78 Å². The van der Waals surface area contributed by atoms with E-state index in [0.717, 1.165) is 16.9 Å². The van der Waals surface area contributed by atoms with E-state index in [9.17, 15) is 4.79 Å². The lowest BCUT2D eigenvalue weighted by atomic mass is 10.0. The smallest absolute Gasteiger partial charge is 0.170 e. The van der Waals surface area contributed by atoms with Crippen LogP contribution in [0.3, 0.4) is 0 Å². The summed E-state index contributed by atoms with van der Waals surface area (Å²) < 4.78 is 5.33. The van der Waals surface area contributed by atoms with Crippen molar-refractivity contribution in [1.29, 1.82) is 0 Å². The number of Topliss-reactive ketones (excluding diaryl/α,β-unsaturated/α-hetero) is 1. The molecule has 2 rings (SSSR count). The summed E-state index contributed by atoms with van der Waals surface area (Å²) in [7, 11) is 0. The van der Waals surface area contributed by atoms with Gasteiger partial charge < -0.3 is 4.74 Å². The van der Waals surface area contributed by atoms with Crippen LogP contribution < -0.4 is 4.74 Å². The van der Waals surface area contributed by atoms with Crippen LogP contribution in [-0.4, -0.2) is 12.4 Å². The Bertz CT molecular complexity index is 329. The molecule has 1 heterocycles. The van der Waals surface area contributed by atoms with Gasteiger partial charge in [0.2, 0.25) is 0 Å². The Morgan fingerprint density at radius 3 is 3.08 bits per heavy atom. The molecule has 0 saturated heterocycles. The fourth-order valence-electron chi connectivity index (χ4n) is 1.38. The quantitative estimate of drug-likeness (QED) is 0.583. The number of hydrogen-bond acceptors (Lipinski definition) is 2. The molecule has 1 aliphatic heterocycles. The van der Waals surface area contributed by atoms with Crippen LogP contribution in [0.5, 0.6) is 5.75 Å². The molecule has 0 N–H and O–H groups in total. The summed E-state index contributed by atoms with van der Waals surface area (Å²) in [6.07, 6.45) is 0.510. The van der Waals surface area contributed by atoms with Gasteiger partial charge in [-0.2, -0.15) is 0 Å². The van der Waals surface area contributed by atoms with Crippen molar-refractivity contribution in [2.75, 3.05) is 6.61 Å². The zero-order valence-electron chi connectivity index (χ0n) is 6.96. The molecule has 12 heavy (non-hydrogen) atoms. The third-order valence-electron chi connectivity index (χ3n) is 2.02. The normalized spacial score (nSPS) is 15.2. The Morgan fingerprint density at radius 1 is 1.42 bits per heavy atom. The van der Waals surface area contributed by atoms with Crippen LogP contribution in [0.15, 0.2) is 18.2 Å². The van der Waals surface area contributed by atoms with Gasteiger partial charge in [0.1, 0.15) is 5.75 Å². The van der Waals surface area contributed by atoms with Crippen molar-refractivity contribution in [1.82, 2.24) is 0 Å². The van der Waals surface area contributed by atoms with Crippen LogP contribution in [0, 0.1) is 6.92 Å². The number of rotatable bonds is 0. The van der Waals surface area contributed by atoms with Crippen molar-refractivity contribution < 1.29 is 9.53 Å². The zero-order chi connectivity index (χ0) is 8.55. The molecule has 0 saturated carbocycles. The van der Waals surface area contributed by atoms with E-state index in [2.05, 4.69) is 0 Å². The standard InChI is InChI=1S/C10H10O2/c1-7-2-3-10-8(6-7)9(11)4-5-12-10/h2-3,6H,4-5H2,1H3. The molecule has 0 radical (unpaired) electrons. The molecule has 2 heteroatoms. The number of ketones is 1. The molecule has 0 aromatic heterocycles. The van der Waals surface area contributed by atoms with Gasteiger partial charge in [-0.25, -0.2) is 0 Å². The van der Waals surface area contributed by atoms with Gasteiger partial charge in [-0.05, 0) is 19.1 Å². The predicted molar refractivity (Wildman–Crippen MR) is 45.6 cm³/mol. The summed E-state index contributed by atoms with van der Waals surface area (Å²) in [5, 5.41) is 0. The van der Waals surface area contributed by atoms with Gasteiger partial charge in [0.15, 0.2) is 5.78 Å². The first kappa shape index (κ1) is 7.35. The third kappa shape index (κ3) is 1.09. The fraction of sp³-hybridized carbons (Fsp3) is 0.300. The number of carbonyl (C=O) groups excluding carboxylic acids is 1. The van der Waals surface area contributed by atoms with Crippen LogP contribution in [0.25, 0.3) is 0 Å². The lowest BCUT2D eigenvalue weighted by Gasteiger charge is -2.15. The lowest BCUT2D eigenvalue weighted by Crippen LogP contribution is -2.15. The minimum absolute atomic E-state index is 0.194. The molecule has 0 atom stereocenters. The molecule has 0 spiro atoms. The monoisotopic (exact) mass is 162 g/mol. The summed E-state index contributed by atoms with van der Waals surface area (Å²) >= 11 is 0. The molecule has 1 aromatic carbocycles. The molecule has 1 aliphatic rings. The summed E-state index contributed by atoms with van der Waals surface area (Å²) in [5.74, 6) is 0.928. The summed E-state index contributed by atoms with van der Waals surface area (Å²) in [6, 6.07) is 5.70. The first-order valence-corrected chi connectivity index (χ1v) is 4.04. The van der Waals surface area contributed by atoms with Crippen LogP contribution >= 0.6 is 0 Å². The highest BCUT2D eigenvalue weighted by atomic mass is 16.5. The zero-order valence-corrected chi connectivity index (χ0v) is 6.96. The largest absolute Gasteiger partial charge is 0.492 e. The van der Waals surface area contributed by atoms with E-state index in [0.29, 0.717) is 13.0 Å². The highest BCUT2D eigenvalue weighted by Gasteiger charge is 2.17. The first-order chi connectivity index (χ1) is 5.77. The molecule has 0 fully saturated rings. The highest BCUT2D eigenvalue weighted by molar-refractivity contribution is 5.99. The van der Waals surface area contributed by atoms with Crippen molar-refractivity contribution >= 4 is 5.78 Å². The van der Waals surface area contributed by atoms with Crippen LogP contribution in [0.1, 0.15) is 22.3 Å². The minimum atomic E-state index is 0.194. The molecule has 0 unspecified atom stereocenters. The maximum Gasteiger partial charge on any atom is 0.170 e. The third-order valence-corrected chi connectivity index (χ3v) is 2.02. The topological polar surface area (TPSA) is 26.3 Å². The average Bonchev–Trinajstić information content (AvgIpc) is 2.07. The summed E-state index contributed by atoms with van der Waals surface area (Å²) in [5.41, 5.74) is 1.84. The number of aryl methyl sites for hydroxylation is 1. The summed E-state index contributed by atoms with van der Waals surface area (Å²) in [4.78, 5) is 11.4. The molecule has 1 aromatic rings. The van der Waals surface area contributed by atoms with E-state index < -0.39 is 0 Å². The number of fused-ring (bicyclic) bond motifs is 1. The number of hydrogen-bond donors (Lipinski definition) is 0. The maximum atomic E-state index is 11.4. The molecular formula is C10H10O2. The number of benzene rings is 1. The molecule has 0 aliphatic carbocycles. The second-order valence-electron chi connectivity index (χ2n) is 3.02. The second kappa shape index (κ2) is 2.63. The van der Waals surface area contributed by atoms with Gasteiger partial charge in [-0.1, -0.05) is 11.6 Å². The maximum absolute atomic E-state index is 11.4. The Labute approximate surface area is 71.2 Å². The second-order valence-corrected chi connectivity index (χ2v) is 3.02. The Hall–Kier alpha value is -1.31. The molecule has 62 valence electrons. The van der Waals surface area contributed by atoms with Crippen molar-refractivity contribution in [2.24, 2.45) is 0 Å². The van der Waals surface area contributed by atoms with E-state index in [1.807, 2.05) is 25.1 Å². The fourth-order valence-corrected chi connectivity index (χ4v) is 1.38. The number of ether oxygens (including phenoxy) is 1. The van der Waals surface area contributed by atoms with E-state index >= 15 is 0 Å². The minimum Gasteiger partial charge on any atom is -0.492 e. The van der Waals surface area contributed by atoms with Crippen LogP contribution in [0.2, 0.25) is 0 Å². The van der Waals surface area contributed by atoms with E-state index in [4.69, 9.17) is 4.74 Å². The first-order valence-electron chi connectivity index (χ1n) is 4.04. The van der Waals surface area contributed by atoms with Gasteiger partial charge in [-0.3, -0.25) is 4.79 Å². The van der Waals surface area contributed by atoms with Crippen LogP contribution in [0.4, 0.5) is 0 Å². The van der Waals surface area contributed by atoms with Gasteiger partial charge in [0, 0.05) is 6.42 Å². The van der Waals surface area contributed by atoms with E-state index in [1.165, 1.54) is 0 Å². The highest BCUT2D eigenvalue weighted by Crippen LogP contribution is 2.24. The van der Waals surface area contributed by atoms with Gasteiger partial charge in [0.25, 0.3) is 0 Å². The molecule has 0 bridgehead atoms. The lowest BCUT2D eigenvalue weighted by molar-refractivity contribution is 0.0933.